The minimum Gasteiger partial charge on any atom is -0.378 e. The Morgan fingerprint density at radius 2 is 1.91 bits per heavy atom. The topological polar surface area (TPSA) is 61.8 Å². The van der Waals surface area contributed by atoms with Crippen LogP contribution in [0.3, 0.4) is 0 Å². The second-order valence-electron chi connectivity index (χ2n) is 5.16. The van der Waals surface area contributed by atoms with E-state index in [1.165, 1.54) is 11.3 Å². The van der Waals surface area contributed by atoms with Crippen molar-refractivity contribution in [3.05, 3.63) is 52.2 Å². The number of amides is 1. The normalized spacial score (nSPS) is 16.3. The molecule has 2 heterocycles. The van der Waals surface area contributed by atoms with Crippen LogP contribution in [0.1, 0.15) is 17.0 Å². The molecule has 0 aliphatic carbocycles. The number of ether oxygens (including phenoxy) is 1. The van der Waals surface area contributed by atoms with Gasteiger partial charge in [0, 0.05) is 18.8 Å². The number of morpholine rings is 1. The molecule has 1 fully saturated rings. The number of nitrogens with one attached hydrogen (secondary N) is 1. The Bertz CT molecular complexity index is 607. The predicted molar refractivity (Wildman–Crippen MR) is 85.6 cm³/mol. The van der Waals surface area contributed by atoms with Crippen molar-refractivity contribution < 1.29 is 14.7 Å². The first-order chi connectivity index (χ1) is 10.8. The van der Waals surface area contributed by atoms with Crippen molar-refractivity contribution >= 4 is 22.9 Å². The summed E-state index contributed by atoms with van der Waals surface area (Å²) in [6, 6.07) is 9.83. The molecule has 2 N–H and O–H groups in total. The number of carbonyl (C=O) groups is 1. The van der Waals surface area contributed by atoms with Gasteiger partial charge in [0.1, 0.15) is 0 Å². The molecule has 1 saturated heterocycles. The van der Waals surface area contributed by atoms with Gasteiger partial charge in [0.05, 0.1) is 19.1 Å². The van der Waals surface area contributed by atoms with Gasteiger partial charge >= 0.3 is 0 Å². The molecule has 0 bridgehead atoms. The average molecular weight is 318 g/mol. The van der Waals surface area contributed by atoms with Gasteiger partial charge in [-0.2, -0.15) is 11.3 Å². The summed E-state index contributed by atoms with van der Waals surface area (Å²) in [5.41, 5.74) is 4.64. The number of nitrogens with zero attached hydrogens (tertiary/aromatic N) is 1. The van der Waals surface area contributed by atoms with E-state index in [1.54, 1.807) is 5.48 Å². The van der Waals surface area contributed by atoms with Gasteiger partial charge in [-0.15, -0.1) is 0 Å². The van der Waals surface area contributed by atoms with Crippen molar-refractivity contribution in [2.45, 2.75) is 5.92 Å². The number of hydroxylamine groups is 1. The van der Waals surface area contributed by atoms with E-state index in [1.807, 2.05) is 41.1 Å². The molecule has 1 aliphatic rings. The van der Waals surface area contributed by atoms with Crippen molar-refractivity contribution in [2.75, 3.05) is 31.2 Å². The number of thiophene rings is 1. The zero-order valence-corrected chi connectivity index (χ0v) is 12.9. The monoisotopic (exact) mass is 318 g/mol. The highest BCUT2D eigenvalue weighted by Gasteiger charge is 2.23. The predicted octanol–water partition coefficient (Wildman–Crippen LogP) is 2.22. The molecule has 116 valence electrons. The van der Waals surface area contributed by atoms with Crippen molar-refractivity contribution in [3.8, 4) is 0 Å². The Morgan fingerprint density at radius 3 is 2.50 bits per heavy atom. The van der Waals surface area contributed by atoms with Gasteiger partial charge < -0.3 is 9.64 Å². The summed E-state index contributed by atoms with van der Waals surface area (Å²) in [4.78, 5) is 14.3. The molecule has 22 heavy (non-hydrogen) atoms. The van der Waals surface area contributed by atoms with Crippen LogP contribution in [0.15, 0.2) is 41.1 Å². The van der Waals surface area contributed by atoms with Crippen LogP contribution in [0.4, 0.5) is 5.69 Å². The Morgan fingerprint density at radius 1 is 1.18 bits per heavy atom. The number of rotatable bonds is 4. The summed E-state index contributed by atoms with van der Waals surface area (Å²) in [6.07, 6.45) is 0. The van der Waals surface area contributed by atoms with Crippen molar-refractivity contribution in [3.63, 3.8) is 0 Å². The maximum atomic E-state index is 12.0. The fraction of sp³-hybridized carbons (Fsp3) is 0.312. The summed E-state index contributed by atoms with van der Waals surface area (Å²) < 4.78 is 5.36. The maximum Gasteiger partial charge on any atom is 0.255 e. The molecule has 0 radical (unpaired) electrons. The Hall–Kier alpha value is -1.89. The lowest BCUT2D eigenvalue weighted by atomic mass is 9.92. The van der Waals surface area contributed by atoms with Crippen LogP contribution in [0.2, 0.25) is 0 Å². The molecule has 1 amide bonds. The summed E-state index contributed by atoms with van der Waals surface area (Å²) in [5, 5.41) is 12.9. The fourth-order valence-electron chi connectivity index (χ4n) is 2.70. The minimum absolute atomic E-state index is 0.419. The van der Waals surface area contributed by atoms with E-state index in [4.69, 9.17) is 9.94 Å². The van der Waals surface area contributed by atoms with Crippen LogP contribution in [0.5, 0.6) is 0 Å². The van der Waals surface area contributed by atoms with Gasteiger partial charge in [0.15, 0.2) is 0 Å². The highest BCUT2D eigenvalue weighted by Crippen LogP contribution is 2.28. The summed E-state index contributed by atoms with van der Waals surface area (Å²) >= 11 is 1.53. The molecule has 0 saturated carbocycles. The van der Waals surface area contributed by atoms with Crippen LogP contribution < -0.4 is 10.4 Å². The van der Waals surface area contributed by atoms with E-state index in [0.717, 1.165) is 43.1 Å². The average Bonchev–Trinajstić information content (AvgIpc) is 3.10. The molecule has 2 aromatic rings. The molecule has 1 aliphatic heterocycles. The second kappa shape index (κ2) is 6.91. The Labute approximate surface area is 133 Å². The van der Waals surface area contributed by atoms with Crippen molar-refractivity contribution in [1.29, 1.82) is 0 Å². The first kappa shape index (κ1) is 15.0. The lowest BCUT2D eigenvalue weighted by Gasteiger charge is -2.29. The molecule has 5 nitrogen and oxygen atoms in total. The number of anilines is 1. The largest absolute Gasteiger partial charge is 0.378 e. The Balaban J connectivity index is 1.84. The van der Waals surface area contributed by atoms with Gasteiger partial charge in [-0.05, 0) is 40.1 Å². The van der Waals surface area contributed by atoms with E-state index in [0.29, 0.717) is 0 Å². The summed E-state index contributed by atoms with van der Waals surface area (Å²) in [6.45, 7) is 3.24. The van der Waals surface area contributed by atoms with Crippen LogP contribution in [0, 0.1) is 0 Å². The molecule has 3 rings (SSSR count). The minimum atomic E-state index is -0.491. The second-order valence-corrected chi connectivity index (χ2v) is 5.94. The smallest absolute Gasteiger partial charge is 0.255 e. The third kappa shape index (κ3) is 3.14. The number of carbonyl (C=O) groups excluding carboxylic acids is 1. The number of hydrogen-bond donors (Lipinski definition) is 2. The van der Waals surface area contributed by atoms with Gasteiger partial charge in [-0.1, -0.05) is 12.1 Å². The third-order valence-electron chi connectivity index (χ3n) is 3.85. The SMILES string of the molecule is O=C(NO)C(c1ccc(N2CCOCC2)cc1)c1ccsc1. The molecule has 6 heteroatoms. The molecule has 1 unspecified atom stereocenters. The first-order valence-corrected chi connectivity index (χ1v) is 8.12. The number of hydrogen-bond acceptors (Lipinski definition) is 5. The van der Waals surface area contributed by atoms with Gasteiger partial charge in [0.2, 0.25) is 0 Å². The quantitative estimate of drug-likeness (QED) is 0.670. The van der Waals surface area contributed by atoms with Crippen molar-refractivity contribution in [1.82, 2.24) is 5.48 Å². The standard InChI is InChI=1S/C16H18N2O3S/c19-16(17-20)15(13-5-10-22-11-13)12-1-3-14(4-2-12)18-6-8-21-9-7-18/h1-5,10-11,15,20H,6-9H2,(H,17,19). The zero-order valence-electron chi connectivity index (χ0n) is 12.1. The molecule has 1 aromatic heterocycles. The molecular formula is C16H18N2O3S. The van der Waals surface area contributed by atoms with Crippen LogP contribution >= 0.6 is 11.3 Å². The molecule has 0 spiro atoms. The number of benzene rings is 1. The van der Waals surface area contributed by atoms with Gasteiger partial charge in [-0.25, -0.2) is 5.48 Å². The van der Waals surface area contributed by atoms with Crippen molar-refractivity contribution in [2.24, 2.45) is 0 Å². The van der Waals surface area contributed by atoms with E-state index in [-0.39, 0.29) is 0 Å². The van der Waals surface area contributed by atoms with E-state index >= 15 is 0 Å². The lowest BCUT2D eigenvalue weighted by Crippen LogP contribution is -2.36. The third-order valence-corrected chi connectivity index (χ3v) is 4.55. The van der Waals surface area contributed by atoms with Gasteiger partial charge in [0.25, 0.3) is 5.91 Å². The van der Waals surface area contributed by atoms with Crippen LogP contribution in [0.25, 0.3) is 0 Å². The van der Waals surface area contributed by atoms with E-state index in [9.17, 15) is 4.79 Å². The highest BCUT2D eigenvalue weighted by molar-refractivity contribution is 7.08. The first-order valence-electron chi connectivity index (χ1n) is 7.18. The van der Waals surface area contributed by atoms with E-state index in [2.05, 4.69) is 4.90 Å². The molecule has 1 atom stereocenters. The van der Waals surface area contributed by atoms with Gasteiger partial charge in [-0.3, -0.25) is 10.0 Å². The van der Waals surface area contributed by atoms with Crippen LogP contribution in [-0.4, -0.2) is 37.4 Å². The fourth-order valence-corrected chi connectivity index (χ4v) is 3.38. The maximum absolute atomic E-state index is 12.0. The Kier molecular flexibility index (Phi) is 4.72. The summed E-state index contributed by atoms with van der Waals surface area (Å²) in [7, 11) is 0. The van der Waals surface area contributed by atoms with E-state index < -0.39 is 11.8 Å². The van der Waals surface area contributed by atoms with Crippen LogP contribution in [-0.2, 0) is 9.53 Å². The summed E-state index contributed by atoms with van der Waals surface area (Å²) in [5.74, 6) is -0.910. The molecule has 1 aromatic carbocycles. The highest BCUT2D eigenvalue weighted by atomic mass is 32.1. The molecular weight excluding hydrogens is 300 g/mol. The lowest BCUT2D eigenvalue weighted by molar-refractivity contribution is -0.129. The zero-order chi connectivity index (χ0) is 15.4.